The molecule has 1 unspecified atom stereocenters. The Morgan fingerprint density at radius 1 is 1.35 bits per heavy atom. The van der Waals surface area contributed by atoms with Crippen molar-refractivity contribution in [2.24, 2.45) is 11.6 Å². The second kappa shape index (κ2) is 11.1. The van der Waals surface area contributed by atoms with Gasteiger partial charge in [0, 0.05) is 12.7 Å². The number of carbonyl (C=O) groups excluding carboxylic acids is 2. The van der Waals surface area contributed by atoms with Gasteiger partial charge in [0.2, 0.25) is 0 Å². The molecule has 0 spiro atoms. The largest absolute Gasteiger partial charge is 0.443 e. The maximum Gasteiger partial charge on any atom is 0.407 e. The van der Waals surface area contributed by atoms with Gasteiger partial charge in [0.25, 0.3) is 0 Å². The van der Waals surface area contributed by atoms with Crippen molar-refractivity contribution in [3.8, 4) is 0 Å². The predicted octanol–water partition coefficient (Wildman–Crippen LogP) is -0.677. The number of ether oxygens (including phenoxy) is 1. The highest BCUT2D eigenvalue weighted by molar-refractivity contribution is 5.81. The number of likely N-dealkylation sites (N-methyl/N-ethyl adjacent to an activating group) is 1. The summed E-state index contributed by atoms with van der Waals surface area (Å²) in [4.78, 5) is 22.4. The highest BCUT2D eigenvalue weighted by atomic mass is 16.5. The summed E-state index contributed by atoms with van der Waals surface area (Å²) in [6.45, 7) is 2.03. The van der Waals surface area contributed by atoms with Crippen molar-refractivity contribution in [3.63, 3.8) is 0 Å². The van der Waals surface area contributed by atoms with Crippen LogP contribution in [0.1, 0.15) is 26.2 Å². The molecular formula is C12H25N5O3. The molecule has 0 rings (SSSR count). The lowest BCUT2D eigenvalue weighted by Gasteiger charge is -2.12. The van der Waals surface area contributed by atoms with E-state index in [2.05, 4.69) is 16.1 Å². The van der Waals surface area contributed by atoms with Crippen molar-refractivity contribution < 1.29 is 14.3 Å². The molecule has 1 atom stereocenters. The molecule has 0 bridgehead atoms. The zero-order valence-corrected chi connectivity index (χ0v) is 12.1. The molecule has 0 aliphatic heterocycles. The molecule has 20 heavy (non-hydrogen) atoms. The Kier molecular flexibility index (Phi) is 10.1. The van der Waals surface area contributed by atoms with E-state index in [1.54, 1.807) is 14.0 Å². The fourth-order valence-electron chi connectivity index (χ4n) is 1.56. The van der Waals surface area contributed by atoms with Crippen LogP contribution in [0.25, 0.3) is 0 Å². The number of Topliss-reactive ketones (excluding diaryl/α,β-unsaturated/α-hetero) is 1. The molecule has 0 fully saturated rings. The van der Waals surface area contributed by atoms with Crippen LogP contribution in [-0.2, 0) is 9.53 Å². The average molecular weight is 287 g/mol. The summed E-state index contributed by atoms with van der Waals surface area (Å²) in [5, 5.41) is 5.55. The lowest BCUT2D eigenvalue weighted by Crippen LogP contribution is -2.32. The average Bonchev–Trinajstić information content (AvgIpc) is 2.40. The molecule has 0 aromatic heterocycles. The summed E-state index contributed by atoms with van der Waals surface area (Å²) in [6.07, 6.45) is 3.17. The van der Waals surface area contributed by atoms with Gasteiger partial charge in [-0.2, -0.15) is 0 Å². The van der Waals surface area contributed by atoms with Gasteiger partial charge in [0.1, 0.15) is 12.4 Å². The van der Waals surface area contributed by atoms with Crippen molar-refractivity contribution in [2.75, 3.05) is 20.2 Å². The van der Waals surface area contributed by atoms with Gasteiger partial charge in [0.05, 0.1) is 11.7 Å². The SMILES string of the molecule is CNC(CCCCNC(=O)OC/C(N)=C/NN)C(C)=O. The zero-order valence-electron chi connectivity index (χ0n) is 12.1. The molecule has 8 heteroatoms. The fourth-order valence-corrected chi connectivity index (χ4v) is 1.56. The first-order chi connectivity index (χ1) is 9.51. The number of hydrogen-bond donors (Lipinski definition) is 5. The van der Waals surface area contributed by atoms with Crippen LogP contribution in [0.2, 0.25) is 0 Å². The molecule has 1 amide bonds. The first kappa shape index (κ1) is 18.2. The molecule has 0 aromatic carbocycles. The van der Waals surface area contributed by atoms with E-state index in [4.69, 9.17) is 16.3 Å². The van der Waals surface area contributed by atoms with E-state index in [0.29, 0.717) is 12.2 Å². The number of alkyl carbamates (subject to hydrolysis) is 1. The number of unbranched alkanes of at least 4 members (excludes halogenated alkanes) is 1. The summed E-state index contributed by atoms with van der Waals surface area (Å²) in [5.41, 5.74) is 8.02. The smallest absolute Gasteiger partial charge is 0.407 e. The van der Waals surface area contributed by atoms with E-state index < -0.39 is 6.09 Å². The molecule has 0 aliphatic carbocycles. The third kappa shape index (κ3) is 9.17. The van der Waals surface area contributed by atoms with Gasteiger partial charge in [-0.1, -0.05) is 0 Å². The topological polar surface area (TPSA) is 132 Å². The van der Waals surface area contributed by atoms with Gasteiger partial charge >= 0.3 is 6.09 Å². The van der Waals surface area contributed by atoms with E-state index in [1.807, 2.05) is 0 Å². The highest BCUT2D eigenvalue weighted by Gasteiger charge is 2.10. The lowest BCUT2D eigenvalue weighted by atomic mass is 10.1. The van der Waals surface area contributed by atoms with Crippen LogP contribution in [0, 0.1) is 0 Å². The maximum absolute atomic E-state index is 11.3. The minimum absolute atomic E-state index is 0.0256. The Morgan fingerprint density at radius 2 is 2.05 bits per heavy atom. The Hall–Kier alpha value is -1.80. The van der Waals surface area contributed by atoms with Crippen LogP contribution in [0.5, 0.6) is 0 Å². The maximum atomic E-state index is 11.3. The van der Waals surface area contributed by atoms with Gasteiger partial charge in [-0.05, 0) is 33.2 Å². The van der Waals surface area contributed by atoms with Crippen LogP contribution in [0.15, 0.2) is 11.9 Å². The van der Waals surface area contributed by atoms with Crippen molar-refractivity contribution in [3.05, 3.63) is 11.9 Å². The number of nitrogens with one attached hydrogen (secondary N) is 3. The second-order valence-corrected chi connectivity index (χ2v) is 4.34. The van der Waals surface area contributed by atoms with Gasteiger partial charge in [-0.15, -0.1) is 0 Å². The van der Waals surface area contributed by atoms with E-state index in [-0.39, 0.29) is 18.4 Å². The Morgan fingerprint density at radius 3 is 2.60 bits per heavy atom. The highest BCUT2D eigenvalue weighted by Crippen LogP contribution is 2.01. The molecular weight excluding hydrogens is 262 g/mol. The van der Waals surface area contributed by atoms with Gasteiger partial charge < -0.3 is 26.5 Å². The van der Waals surface area contributed by atoms with Crippen LogP contribution < -0.4 is 27.6 Å². The third-order valence-electron chi connectivity index (χ3n) is 2.67. The number of hydrazine groups is 1. The summed E-state index contributed by atoms with van der Waals surface area (Å²) >= 11 is 0. The summed E-state index contributed by atoms with van der Waals surface area (Å²) in [6, 6.07) is -0.115. The van der Waals surface area contributed by atoms with Gasteiger partial charge in [0.15, 0.2) is 0 Å². The van der Waals surface area contributed by atoms with Crippen LogP contribution in [0.3, 0.4) is 0 Å². The third-order valence-corrected chi connectivity index (χ3v) is 2.67. The molecule has 0 saturated carbocycles. The molecule has 0 aromatic rings. The number of carbonyl (C=O) groups is 2. The van der Waals surface area contributed by atoms with Crippen molar-refractivity contribution >= 4 is 11.9 Å². The standard InChI is InChI=1S/C12H25N5O3/c1-9(18)11(15-2)5-3-4-6-16-12(19)20-8-10(13)7-17-14/h7,11,15,17H,3-6,8,13-14H2,1-2H3,(H,16,19)/b10-7-. The minimum atomic E-state index is -0.532. The normalized spacial score (nSPS) is 12.7. The number of nitrogens with two attached hydrogens (primary N) is 2. The molecule has 8 nitrogen and oxygen atoms in total. The molecule has 7 N–H and O–H groups in total. The Bertz CT molecular complexity index is 333. The first-order valence-electron chi connectivity index (χ1n) is 6.50. The van der Waals surface area contributed by atoms with Crippen molar-refractivity contribution in [1.82, 2.24) is 16.1 Å². The quantitative estimate of drug-likeness (QED) is 0.204. The van der Waals surface area contributed by atoms with Crippen LogP contribution in [-0.4, -0.2) is 38.1 Å². The van der Waals surface area contributed by atoms with E-state index in [1.165, 1.54) is 6.20 Å². The van der Waals surface area contributed by atoms with Gasteiger partial charge in [-0.25, -0.2) is 4.79 Å². The van der Waals surface area contributed by atoms with E-state index in [0.717, 1.165) is 19.3 Å². The van der Waals surface area contributed by atoms with E-state index >= 15 is 0 Å². The summed E-state index contributed by atoms with van der Waals surface area (Å²) in [5.74, 6) is 5.14. The molecule has 0 radical (unpaired) electrons. The summed E-state index contributed by atoms with van der Waals surface area (Å²) < 4.78 is 4.84. The Balaban J connectivity index is 3.62. The predicted molar refractivity (Wildman–Crippen MR) is 76.3 cm³/mol. The molecule has 116 valence electrons. The number of amides is 1. The van der Waals surface area contributed by atoms with Gasteiger partial charge in [-0.3, -0.25) is 10.6 Å². The fraction of sp³-hybridized carbons (Fsp3) is 0.667. The summed E-state index contributed by atoms with van der Waals surface area (Å²) in [7, 11) is 1.76. The number of rotatable bonds is 10. The first-order valence-corrected chi connectivity index (χ1v) is 6.50. The van der Waals surface area contributed by atoms with Crippen LogP contribution >= 0.6 is 0 Å². The lowest BCUT2D eigenvalue weighted by molar-refractivity contribution is -0.119. The van der Waals surface area contributed by atoms with Crippen molar-refractivity contribution in [1.29, 1.82) is 0 Å². The van der Waals surface area contributed by atoms with E-state index in [9.17, 15) is 9.59 Å². The van der Waals surface area contributed by atoms with Crippen molar-refractivity contribution in [2.45, 2.75) is 32.2 Å². The Labute approximate surface area is 119 Å². The monoisotopic (exact) mass is 287 g/mol. The molecule has 0 saturated heterocycles. The number of ketones is 1. The van der Waals surface area contributed by atoms with Crippen LogP contribution in [0.4, 0.5) is 4.79 Å². The molecule has 0 aliphatic rings. The molecule has 0 heterocycles. The minimum Gasteiger partial charge on any atom is -0.443 e. The second-order valence-electron chi connectivity index (χ2n) is 4.34. The number of hydrogen-bond acceptors (Lipinski definition) is 7. The zero-order chi connectivity index (χ0) is 15.4.